The zero-order valence-electron chi connectivity index (χ0n) is 12.8. The van der Waals surface area contributed by atoms with Crippen molar-refractivity contribution in [1.82, 2.24) is 9.88 Å². The first kappa shape index (κ1) is 17.1. The molecule has 0 aliphatic heterocycles. The fourth-order valence-corrected chi connectivity index (χ4v) is 1.69. The standard InChI is InChI=1S/C14H22F2N4O/c1-5-7-17-12-10(15)8-11(16)13(19-12)18-9(3)14(21)20(4)6-2/h8-9H,5-7H2,1-4H3,(H2,17,18,19). The van der Waals surface area contributed by atoms with E-state index in [0.717, 1.165) is 12.5 Å². The third kappa shape index (κ3) is 4.54. The van der Waals surface area contributed by atoms with Crippen molar-refractivity contribution >= 4 is 17.5 Å². The minimum atomic E-state index is -0.826. The third-order valence-corrected chi connectivity index (χ3v) is 3.05. The molecule has 0 aliphatic rings. The van der Waals surface area contributed by atoms with Gasteiger partial charge in [-0.3, -0.25) is 4.79 Å². The van der Waals surface area contributed by atoms with Gasteiger partial charge in [-0.2, -0.15) is 0 Å². The summed E-state index contributed by atoms with van der Waals surface area (Å²) < 4.78 is 27.3. The molecule has 1 unspecified atom stereocenters. The zero-order valence-corrected chi connectivity index (χ0v) is 12.8. The molecule has 1 aromatic heterocycles. The van der Waals surface area contributed by atoms with Gasteiger partial charge in [0.2, 0.25) is 5.91 Å². The molecule has 0 saturated carbocycles. The lowest BCUT2D eigenvalue weighted by Crippen LogP contribution is -2.39. The van der Waals surface area contributed by atoms with Crippen LogP contribution < -0.4 is 10.6 Å². The first-order valence-electron chi connectivity index (χ1n) is 7.02. The Bertz CT molecular complexity index is 496. The molecule has 5 nitrogen and oxygen atoms in total. The Balaban J connectivity index is 2.89. The molecule has 0 radical (unpaired) electrons. The number of carbonyl (C=O) groups excluding carboxylic acids is 1. The van der Waals surface area contributed by atoms with Crippen molar-refractivity contribution in [3.8, 4) is 0 Å². The Morgan fingerprint density at radius 2 is 1.95 bits per heavy atom. The third-order valence-electron chi connectivity index (χ3n) is 3.05. The minimum absolute atomic E-state index is 0.0238. The monoisotopic (exact) mass is 300 g/mol. The number of hydrogen-bond donors (Lipinski definition) is 2. The summed E-state index contributed by atoms with van der Waals surface area (Å²) in [6.07, 6.45) is 0.789. The molecule has 1 rings (SSSR count). The fourth-order valence-electron chi connectivity index (χ4n) is 1.69. The highest BCUT2D eigenvalue weighted by molar-refractivity contribution is 5.83. The van der Waals surface area contributed by atoms with E-state index in [9.17, 15) is 13.6 Å². The number of aromatic nitrogens is 1. The first-order chi connectivity index (χ1) is 9.90. The lowest BCUT2D eigenvalue weighted by atomic mass is 10.3. The van der Waals surface area contributed by atoms with Gasteiger partial charge in [0.05, 0.1) is 0 Å². The van der Waals surface area contributed by atoms with E-state index in [0.29, 0.717) is 13.1 Å². The van der Waals surface area contributed by atoms with Crippen molar-refractivity contribution < 1.29 is 13.6 Å². The maximum Gasteiger partial charge on any atom is 0.244 e. The number of halogens is 2. The average molecular weight is 300 g/mol. The van der Waals surface area contributed by atoms with Gasteiger partial charge in [0.15, 0.2) is 23.3 Å². The number of hydrogen-bond acceptors (Lipinski definition) is 4. The lowest BCUT2D eigenvalue weighted by Gasteiger charge is -2.21. The van der Waals surface area contributed by atoms with Crippen molar-refractivity contribution in [2.45, 2.75) is 33.2 Å². The van der Waals surface area contributed by atoms with Gasteiger partial charge in [-0.25, -0.2) is 13.8 Å². The van der Waals surface area contributed by atoms with Crippen molar-refractivity contribution in [3.63, 3.8) is 0 Å². The quantitative estimate of drug-likeness (QED) is 0.812. The second-order valence-corrected chi connectivity index (χ2v) is 4.79. The highest BCUT2D eigenvalue weighted by Crippen LogP contribution is 2.19. The maximum absolute atomic E-state index is 13.7. The van der Waals surface area contributed by atoms with Crippen molar-refractivity contribution in [3.05, 3.63) is 17.7 Å². The van der Waals surface area contributed by atoms with E-state index in [-0.39, 0.29) is 17.5 Å². The Hall–Kier alpha value is -1.92. The molecule has 1 amide bonds. The van der Waals surface area contributed by atoms with E-state index < -0.39 is 17.7 Å². The van der Waals surface area contributed by atoms with E-state index in [1.807, 2.05) is 13.8 Å². The summed E-state index contributed by atoms with van der Waals surface area (Å²) in [6, 6.07) is 0.107. The van der Waals surface area contributed by atoms with E-state index >= 15 is 0 Å². The number of rotatable bonds is 7. The molecule has 0 aliphatic carbocycles. The summed E-state index contributed by atoms with van der Waals surface area (Å²) in [6.45, 7) is 6.46. The van der Waals surface area contributed by atoms with Crippen molar-refractivity contribution in [2.24, 2.45) is 0 Å². The molecule has 1 aromatic rings. The fraction of sp³-hybridized carbons (Fsp3) is 0.571. The molecule has 0 spiro atoms. The number of carbonyl (C=O) groups is 1. The summed E-state index contributed by atoms with van der Waals surface area (Å²) in [7, 11) is 1.66. The van der Waals surface area contributed by atoms with Crippen LogP contribution in [0.15, 0.2) is 6.07 Å². The number of anilines is 2. The van der Waals surface area contributed by atoms with E-state index in [2.05, 4.69) is 15.6 Å². The molecule has 0 saturated heterocycles. The Labute approximate surface area is 123 Å². The SMILES string of the molecule is CCCNc1nc(NC(C)C(=O)N(C)CC)c(F)cc1F. The average Bonchev–Trinajstić information content (AvgIpc) is 2.46. The summed E-state index contributed by atoms with van der Waals surface area (Å²) in [4.78, 5) is 17.3. The van der Waals surface area contributed by atoms with Crippen LogP contribution in [0.2, 0.25) is 0 Å². The van der Waals surface area contributed by atoms with Crippen LogP contribution in [-0.4, -0.2) is 42.0 Å². The van der Waals surface area contributed by atoms with E-state index in [4.69, 9.17) is 0 Å². The molecule has 7 heteroatoms. The van der Waals surface area contributed by atoms with Crippen LogP contribution in [0, 0.1) is 11.6 Å². The molecule has 0 aromatic carbocycles. The van der Waals surface area contributed by atoms with Gasteiger partial charge in [-0.15, -0.1) is 0 Å². The minimum Gasteiger partial charge on any atom is -0.368 e. The van der Waals surface area contributed by atoms with E-state index in [1.54, 1.807) is 14.0 Å². The summed E-state index contributed by atoms with van der Waals surface area (Å²) in [5, 5.41) is 5.46. The molecule has 1 heterocycles. The van der Waals surface area contributed by atoms with Gasteiger partial charge < -0.3 is 15.5 Å². The smallest absolute Gasteiger partial charge is 0.244 e. The molecule has 2 N–H and O–H groups in total. The Morgan fingerprint density at radius 1 is 1.33 bits per heavy atom. The van der Waals surface area contributed by atoms with Gasteiger partial charge in [0.1, 0.15) is 6.04 Å². The number of nitrogens with one attached hydrogen (secondary N) is 2. The molecular formula is C14H22F2N4O. The molecule has 0 bridgehead atoms. The summed E-state index contributed by atoms with van der Waals surface area (Å²) >= 11 is 0. The number of amides is 1. The lowest BCUT2D eigenvalue weighted by molar-refractivity contribution is -0.130. The second kappa shape index (κ2) is 7.75. The molecule has 1 atom stereocenters. The highest BCUT2D eigenvalue weighted by atomic mass is 19.1. The Morgan fingerprint density at radius 3 is 2.52 bits per heavy atom. The predicted octanol–water partition coefficient (Wildman–Crippen LogP) is 2.46. The van der Waals surface area contributed by atoms with Gasteiger partial charge in [0.25, 0.3) is 0 Å². The second-order valence-electron chi connectivity index (χ2n) is 4.79. The van der Waals surface area contributed by atoms with E-state index in [1.165, 1.54) is 4.90 Å². The topological polar surface area (TPSA) is 57.3 Å². The van der Waals surface area contributed by atoms with Crippen molar-refractivity contribution in [1.29, 1.82) is 0 Å². The van der Waals surface area contributed by atoms with Crippen LogP contribution in [0.25, 0.3) is 0 Å². The molecule has 118 valence electrons. The first-order valence-corrected chi connectivity index (χ1v) is 7.02. The summed E-state index contributed by atoms with van der Waals surface area (Å²) in [5.74, 6) is -1.93. The van der Waals surface area contributed by atoms with Gasteiger partial charge in [0, 0.05) is 26.2 Å². The van der Waals surface area contributed by atoms with Gasteiger partial charge in [-0.05, 0) is 20.3 Å². The van der Waals surface area contributed by atoms with Crippen LogP contribution in [-0.2, 0) is 4.79 Å². The number of pyridine rings is 1. The number of nitrogens with zero attached hydrogens (tertiary/aromatic N) is 2. The maximum atomic E-state index is 13.7. The highest BCUT2D eigenvalue weighted by Gasteiger charge is 2.19. The molecule has 0 fully saturated rings. The predicted molar refractivity (Wildman–Crippen MR) is 79.3 cm³/mol. The summed E-state index contributed by atoms with van der Waals surface area (Å²) in [5.41, 5.74) is 0. The van der Waals surface area contributed by atoms with Crippen LogP contribution in [0.5, 0.6) is 0 Å². The van der Waals surface area contributed by atoms with Crippen molar-refractivity contribution in [2.75, 3.05) is 30.8 Å². The van der Waals surface area contributed by atoms with Gasteiger partial charge >= 0.3 is 0 Å². The zero-order chi connectivity index (χ0) is 16.0. The Kier molecular flexibility index (Phi) is 6.33. The van der Waals surface area contributed by atoms with Crippen LogP contribution in [0.3, 0.4) is 0 Å². The molecule has 21 heavy (non-hydrogen) atoms. The van der Waals surface area contributed by atoms with Crippen LogP contribution in [0.1, 0.15) is 27.2 Å². The molecular weight excluding hydrogens is 278 g/mol. The number of likely N-dealkylation sites (N-methyl/N-ethyl adjacent to an activating group) is 1. The normalized spacial score (nSPS) is 11.9. The van der Waals surface area contributed by atoms with Crippen LogP contribution in [0.4, 0.5) is 20.4 Å². The largest absolute Gasteiger partial charge is 0.368 e. The van der Waals surface area contributed by atoms with Crippen LogP contribution >= 0.6 is 0 Å². The van der Waals surface area contributed by atoms with Gasteiger partial charge in [-0.1, -0.05) is 6.92 Å².